The highest BCUT2D eigenvalue weighted by atomic mass is 19.1. The van der Waals surface area contributed by atoms with E-state index in [2.05, 4.69) is 6.92 Å². The summed E-state index contributed by atoms with van der Waals surface area (Å²) < 4.78 is 28.1. The molecule has 0 unspecified atom stereocenters. The Morgan fingerprint density at radius 2 is 1.85 bits per heavy atom. The summed E-state index contributed by atoms with van der Waals surface area (Å²) in [5.74, 6) is -0.928. The van der Waals surface area contributed by atoms with Crippen LogP contribution in [0.1, 0.15) is 38.2 Å². The van der Waals surface area contributed by atoms with Crippen LogP contribution in [0.2, 0.25) is 0 Å². The molecule has 0 saturated carbocycles. The molecule has 20 heavy (non-hydrogen) atoms. The lowest BCUT2D eigenvalue weighted by atomic mass is 9.92. The molecule has 2 rings (SSSR count). The summed E-state index contributed by atoms with van der Waals surface area (Å²) in [5, 5.41) is 7.25. The van der Waals surface area contributed by atoms with Crippen molar-refractivity contribution >= 4 is 11.5 Å². The summed E-state index contributed by atoms with van der Waals surface area (Å²) in [6, 6.07) is 2.28. The lowest BCUT2D eigenvalue weighted by molar-refractivity contribution is 0.374. The molecule has 0 bridgehead atoms. The van der Waals surface area contributed by atoms with Crippen molar-refractivity contribution < 1.29 is 8.78 Å². The summed E-state index contributed by atoms with van der Waals surface area (Å²) in [6.45, 7) is 3.52. The van der Waals surface area contributed by atoms with E-state index in [0.717, 1.165) is 31.4 Å². The number of hydrogen-bond donors (Lipinski definition) is 2. The Morgan fingerprint density at radius 1 is 1.30 bits per heavy atom. The highest BCUT2D eigenvalue weighted by Gasteiger charge is 2.24. The van der Waals surface area contributed by atoms with Gasteiger partial charge in [0.25, 0.3) is 0 Å². The highest BCUT2D eigenvalue weighted by Crippen LogP contribution is 2.30. The quantitative estimate of drug-likeness (QED) is 0.657. The molecule has 0 aliphatic carbocycles. The standard InChI is InChI=1S/C15H21F2N3/c1-2-3-10-4-6-20(7-5-10)14-12(16)8-11(15(18)19)9-13(14)17/h8-10H,2-7H2,1H3,(H3,18,19). The molecule has 0 radical (unpaired) electrons. The van der Waals surface area contributed by atoms with E-state index in [0.29, 0.717) is 19.0 Å². The summed E-state index contributed by atoms with van der Waals surface area (Å²) in [7, 11) is 0. The van der Waals surface area contributed by atoms with Crippen LogP contribution in [0.25, 0.3) is 0 Å². The van der Waals surface area contributed by atoms with Crippen LogP contribution in [0.15, 0.2) is 12.1 Å². The van der Waals surface area contributed by atoms with Crippen molar-refractivity contribution in [3.05, 3.63) is 29.3 Å². The molecule has 0 spiro atoms. The number of nitrogens with zero attached hydrogens (tertiary/aromatic N) is 1. The van der Waals surface area contributed by atoms with Gasteiger partial charge in [-0.2, -0.15) is 0 Å². The molecule has 0 amide bonds. The average molecular weight is 281 g/mol. The number of hydrogen-bond acceptors (Lipinski definition) is 2. The molecule has 1 fully saturated rings. The topological polar surface area (TPSA) is 53.1 Å². The van der Waals surface area contributed by atoms with Gasteiger partial charge in [0, 0.05) is 18.7 Å². The normalized spacial score (nSPS) is 16.4. The summed E-state index contributed by atoms with van der Waals surface area (Å²) >= 11 is 0. The van der Waals surface area contributed by atoms with Gasteiger partial charge in [-0.3, -0.25) is 5.41 Å². The zero-order valence-electron chi connectivity index (χ0n) is 11.8. The minimum Gasteiger partial charge on any atom is -0.384 e. The smallest absolute Gasteiger partial charge is 0.150 e. The Morgan fingerprint density at radius 3 is 2.30 bits per heavy atom. The minimum atomic E-state index is -0.635. The van der Waals surface area contributed by atoms with Crippen LogP contribution >= 0.6 is 0 Å². The SMILES string of the molecule is CCCC1CCN(c2c(F)cc(C(=N)N)cc2F)CC1. The summed E-state index contributed by atoms with van der Waals surface area (Å²) in [4.78, 5) is 1.76. The molecule has 1 saturated heterocycles. The first-order chi connectivity index (χ1) is 9.52. The largest absolute Gasteiger partial charge is 0.384 e. The number of rotatable bonds is 4. The first-order valence-electron chi connectivity index (χ1n) is 7.11. The predicted octanol–water partition coefficient (Wildman–Crippen LogP) is 3.27. The van der Waals surface area contributed by atoms with Gasteiger partial charge in [0.1, 0.15) is 23.2 Å². The second kappa shape index (κ2) is 6.20. The maximum absolute atomic E-state index is 14.1. The van der Waals surface area contributed by atoms with Gasteiger partial charge >= 0.3 is 0 Å². The third-order valence-electron chi connectivity index (χ3n) is 3.96. The van der Waals surface area contributed by atoms with E-state index < -0.39 is 11.6 Å². The first kappa shape index (κ1) is 14.8. The molecule has 5 heteroatoms. The Hall–Kier alpha value is -1.65. The number of anilines is 1. The molecule has 1 heterocycles. The molecule has 3 nitrogen and oxygen atoms in total. The van der Waals surface area contributed by atoms with Crippen LogP contribution in [-0.2, 0) is 0 Å². The number of benzene rings is 1. The van der Waals surface area contributed by atoms with Crippen LogP contribution in [0, 0.1) is 23.0 Å². The van der Waals surface area contributed by atoms with Crippen LogP contribution in [0.4, 0.5) is 14.5 Å². The van der Waals surface area contributed by atoms with Gasteiger partial charge in [0.15, 0.2) is 0 Å². The fraction of sp³-hybridized carbons (Fsp3) is 0.533. The van der Waals surface area contributed by atoms with Gasteiger partial charge in [-0.1, -0.05) is 19.8 Å². The van der Waals surface area contributed by atoms with E-state index in [4.69, 9.17) is 11.1 Å². The van der Waals surface area contributed by atoms with Crippen molar-refractivity contribution in [1.82, 2.24) is 0 Å². The number of nitrogens with one attached hydrogen (secondary N) is 1. The zero-order chi connectivity index (χ0) is 14.7. The minimum absolute atomic E-state index is 0.0185. The fourth-order valence-electron chi connectivity index (χ4n) is 2.88. The first-order valence-corrected chi connectivity index (χ1v) is 7.11. The highest BCUT2D eigenvalue weighted by molar-refractivity contribution is 5.95. The second-order valence-corrected chi connectivity index (χ2v) is 5.42. The van der Waals surface area contributed by atoms with Gasteiger partial charge in [-0.15, -0.1) is 0 Å². The third-order valence-corrected chi connectivity index (χ3v) is 3.96. The van der Waals surface area contributed by atoms with Crippen molar-refractivity contribution in [2.24, 2.45) is 11.7 Å². The van der Waals surface area contributed by atoms with Gasteiger partial charge in [-0.25, -0.2) is 8.78 Å². The lowest BCUT2D eigenvalue weighted by Gasteiger charge is -2.34. The molecule has 0 atom stereocenters. The van der Waals surface area contributed by atoms with Gasteiger partial charge in [-0.05, 0) is 30.9 Å². The Balaban J connectivity index is 2.16. The number of nitrogens with two attached hydrogens (primary N) is 1. The van der Waals surface area contributed by atoms with Crippen molar-refractivity contribution in [3.8, 4) is 0 Å². The van der Waals surface area contributed by atoms with Crippen molar-refractivity contribution in [2.75, 3.05) is 18.0 Å². The molecule has 110 valence electrons. The van der Waals surface area contributed by atoms with E-state index in [1.165, 1.54) is 6.42 Å². The number of piperidine rings is 1. The van der Waals surface area contributed by atoms with Gasteiger partial charge < -0.3 is 10.6 Å². The number of amidine groups is 1. The maximum Gasteiger partial charge on any atom is 0.150 e. The van der Waals surface area contributed by atoms with Crippen LogP contribution in [-0.4, -0.2) is 18.9 Å². The van der Waals surface area contributed by atoms with Crippen molar-refractivity contribution in [3.63, 3.8) is 0 Å². The third kappa shape index (κ3) is 3.08. The summed E-state index contributed by atoms with van der Waals surface area (Å²) in [5.41, 5.74) is 5.37. The monoisotopic (exact) mass is 281 g/mol. The summed E-state index contributed by atoms with van der Waals surface area (Å²) in [6.07, 6.45) is 4.28. The molecule has 1 aromatic carbocycles. The molecule has 1 aliphatic heterocycles. The Labute approximate surface area is 118 Å². The van der Waals surface area contributed by atoms with E-state index in [-0.39, 0.29) is 17.1 Å². The van der Waals surface area contributed by atoms with E-state index in [1.54, 1.807) is 4.90 Å². The zero-order valence-corrected chi connectivity index (χ0v) is 11.8. The van der Waals surface area contributed by atoms with E-state index in [1.807, 2.05) is 0 Å². The Kier molecular flexibility index (Phi) is 4.57. The molecule has 0 aromatic heterocycles. The molecular formula is C15H21F2N3. The lowest BCUT2D eigenvalue weighted by Crippen LogP contribution is -2.35. The molecular weight excluding hydrogens is 260 g/mol. The van der Waals surface area contributed by atoms with Crippen LogP contribution in [0.3, 0.4) is 0 Å². The van der Waals surface area contributed by atoms with Gasteiger partial charge in [0.2, 0.25) is 0 Å². The van der Waals surface area contributed by atoms with E-state index in [9.17, 15) is 8.78 Å². The van der Waals surface area contributed by atoms with Crippen molar-refractivity contribution in [2.45, 2.75) is 32.6 Å². The number of nitrogen functional groups attached to an aromatic ring is 1. The Bertz CT molecular complexity index is 471. The van der Waals surface area contributed by atoms with Crippen molar-refractivity contribution in [1.29, 1.82) is 5.41 Å². The molecule has 3 N–H and O–H groups in total. The molecule has 1 aromatic rings. The average Bonchev–Trinajstić information content (AvgIpc) is 2.40. The van der Waals surface area contributed by atoms with E-state index >= 15 is 0 Å². The predicted molar refractivity (Wildman–Crippen MR) is 77.2 cm³/mol. The second-order valence-electron chi connectivity index (χ2n) is 5.42. The van der Waals surface area contributed by atoms with Crippen LogP contribution in [0.5, 0.6) is 0 Å². The maximum atomic E-state index is 14.1. The number of halogens is 2. The fourth-order valence-corrected chi connectivity index (χ4v) is 2.88. The molecule has 1 aliphatic rings. The van der Waals surface area contributed by atoms with Crippen LogP contribution < -0.4 is 10.6 Å². The van der Waals surface area contributed by atoms with Gasteiger partial charge in [0.05, 0.1) is 0 Å².